The van der Waals surface area contributed by atoms with Crippen molar-refractivity contribution in [2.24, 2.45) is 0 Å². The van der Waals surface area contributed by atoms with Crippen molar-refractivity contribution in [3.63, 3.8) is 0 Å². The average molecular weight is 504 g/mol. The van der Waals surface area contributed by atoms with Crippen molar-refractivity contribution < 1.29 is 9.59 Å². The van der Waals surface area contributed by atoms with Gasteiger partial charge < -0.3 is 10.2 Å². The normalized spacial score (nSPS) is 11.7. The quantitative estimate of drug-likeness (QED) is 0.313. The van der Waals surface area contributed by atoms with Crippen molar-refractivity contribution in [1.29, 1.82) is 0 Å². The fourth-order valence-electron chi connectivity index (χ4n) is 4.58. The molecule has 5 aromatic rings. The van der Waals surface area contributed by atoms with Crippen molar-refractivity contribution in [2.75, 3.05) is 0 Å². The van der Waals surface area contributed by atoms with E-state index in [1.165, 1.54) is 0 Å². The molecule has 7 heteroatoms. The second-order valence-corrected chi connectivity index (χ2v) is 9.21. The second kappa shape index (κ2) is 11.5. The van der Waals surface area contributed by atoms with E-state index in [0.717, 1.165) is 27.8 Å². The first-order valence-corrected chi connectivity index (χ1v) is 12.6. The molecule has 190 valence electrons. The summed E-state index contributed by atoms with van der Waals surface area (Å²) in [5.74, 6) is -0.469. The third-order valence-electron chi connectivity index (χ3n) is 6.57. The van der Waals surface area contributed by atoms with Gasteiger partial charge in [-0.3, -0.25) is 9.59 Å². The van der Waals surface area contributed by atoms with Gasteiger partial charge in [-0.15, -0.1) is 5.10 Å². The summed E-state index contributed by atoms with van der Waals surface area (Å²) < 4.78 is 1.59. The maximum atomic E-state index is 14.0. The highest BCUT2D eigenvalue weighted by atomic mass is 16.2. The number of nitrogens with one attached hydrogen (secondary N) is 1. The molecule has 0 aliphatic rings. The largest absolute Gasteiger partial charge is 0.350 e. The number of aryl methyl sites for hydroxylation is 1. The predicted octanol–water partition coefficient (Wildman–Crippen LogP) is 4.83. The number of hydrogen-bond donors (Lipinski definition) is 1. The van der Waals surface area contributed by atoms with E-state index < -0.39 is 6.04 Å². The lowest BCUT2D eigenvalue weighted by molar-refractivity contribution is -0.142. The molecule has 5 rings (SSSR count). The molecule has 0 saturated heterocycles. The van der Waals surface area contributed by atoms with Crippen LogP contribution in [0.1, 0.15) is 28.3 Å². The summed E-state index contributed by atoms with van der Waals surface area (Å²) in [6.45, 7) is 2.55. The first-order chi connectivity index (χ1) is 18.6. The number of para-hydroxylation sites is 1. The fourth-order valence-corrected chi connectivity index (χ4v) is 4.58. The summed E-state index contributed by atoms with van der Waals surface area (Å²) in [5, 5.41) is 11.5. The van der Waals surface area contributed by atoms with Gasteiger partial charge in [0.05, 0.1) is 5.52 Å². The molecule has 0 saturated carbocycles. The number of amides is 2. The Bertz CT molecular complexity index is 1530. The molecule has 0 radical (unpaired) electrons. The number of nitrogens with zero attached hydrogens (tertiary/aromatic N) is 4. The zero-order chi connectivity index (χ0) is 26.3. The first-order valence-electron chi connectivity index (χ1n) is 12.6. The Morgan fingerprint density at radius 2 is 1.45 bits per heavy atom. The highest BCUT2D eigenvalue weighted by Crippen LogP contribution is 2.27. The van der Waals surface area contributed by atoms with Crippen molar-refractivity contribution in [1.82, 2.24) is 25.2 Å². The number of benzene rings is 4. The lowest BCUT2D eigenvalue weighted by Crippen LogP contribution is -2.44. The molecule has 0 spiro atoms. The highest BCUT2D eigenvalue weighted by molar-refractivity contribution is 5.89. The van der Waals surface area contributed by atoms with E-state index >= 15 is 0 Å². The van der Waals surface area contributed by atoms with Crippen LogP contribution in [-0.2, 0) is 29.2 Å². The lowest BCUT2D eigenvalue weighted by Gasteiger charge is -2.32. The van der Waals surface area contributed by atoms with Gasteiger partial charge in [0.15, 0.2) is 0 Å². The molecule has 0 aliphatic heterocycles. The minimum atomic E-state index is -0.831. The van der Waals surface area contributed by atoms with E-state index in [4.69, 9.17) is 0 Å². The maximum Gasteiger partial charge on any atom is 0.247 e. The summed E-state index contributed by atoms with van der Waals surface area (Å²) in [4.78, 5) is 29.5. The van der Waals surface area contributed by atoms with Gasteiger partial charge in [0.1, 0.15) is 18.1 Å². The molecule has 0 fully saturated rings. The standard InChI is InChI=1S/C31H29N5O2/c1-23-12-8-9-17-26(23)30(31(38)32-20-24-13-4-2-5-14-24)35(21-25-15-6-3-7-16-25)29(37)22-36-28-19-11-10-18-27(28)33-34-36/h2-19,30H,20-22H2,1H3,(H,32,38)/t30-/m1/s1. The third-order valence-corrected chi connectivity index (χ3v) is 6.57. The van der Waals surface area contributed by atoms with Gasteiger partial charge in [-0.1, -0.05) is 102 Å². The minimum Gasteiger partial charge on any atom is -0.350 e. The predicted molar refractivity (Wildman–Crippen MR) is 147 cm³/mol. The zero-order valence-corrected chi connectivity index (χ0v) is 21.2. The molecule has 1 aromatic heterocycles. The van der Waals surface area contributed by atoms with Crippen molar-refractivity contribution in [3.8, 4) is 0 Å². The molecule has 0 unspecified atom stereocenters. The van der Waals surface area contributed by atoms with Gasteiger partial charge in [-0.25, -0.2) is 4.68 Å². The Kier molecular flexibility index (Phi) is 7.54. The van der Waals surface area contributed by atoms with Crippen molar-refractivity contribution in [2.45, 2.75) is 32.6 Å². The van der Waals surface area contributed by atoms with Crippen molar-refractivity contribution >= 4 is 22.8 Å². The van der Waals surface area contributed by atoms with Crippen LogP contribution in [0, 0.1) is 6.92 Å². The summed E-state index contributed by atoms with van der Waals surface area (Å²) in [6, 6.07) is 33.9. The molecule has 0 bridgehead atoms. The molecule has 0 aliphatic carbocycles. The molecule has 1 atom stereocenters. The molecule has 1 N–H and O–H groups in total. The number of rotatable bonds is 9. The molecule has 2 amide bonds. The summed E-state index contributed by atoms with van der Waals surface area (Å²) in [7, 11) is 0. The van der Waals surface area contributed by atoms with Crippen LogP contribution in [0.5, 0.6) is 0 Å². The number of carbonyl (C=O) groups excluding carboxylic acids is 2. The highest BCUT2D eigenvalue weighted by Gasteiger charge is 2.33. The second-order valence-electron chi connectivity index (χ2n) is 9.21. The first kappa shape index (κ1) is 24.9. The van der Waals surface area contributed by atoms with E-state index in [9.17, 15) is 9.59 Å². The average Bonchev–Trinajstić information content (AvgIpc) is 3.36. The van der Waals surface area contributed by atoms with Crippen LogP contribution >= 0.6 is 0 Å². The van der Waals surface area contributed by atoms with Gasteiger partial charge in [0, 0.05) is 13.1 Å². The van der Waals surface area contributed by atoms with E-state index in [0.29, 0.717) is 12.1 Å². The van der Waals surface area contributed by atoms with Crippen LogP contribution in [0.3, 0.4) is 0 Å². The summed E-state index contributed by atoms with van der Waals surface area (Å²) in [5.41, 5.74) is 5.11. The Hall–Kier alpha value is -4.78. The van der Waals surface area contributed by atoms with E-state index in [-0.39, 0.29) is 24.9 Å². The number of aromatic nitrogens is 3. The van der Waals surface area contributed by atoms with Gasteiger partial charge in [0.2, 0.25) is 11.8 Å². The molecule has 1 heterocycles. The zero-order valence-electron chi connectivity index (χ0n) is 21.2. The molecular weight excluding hydrogens is 474 g/mol. The smallest absolute Gasteiger partial charge is 0.247 e. The molecule has 4 aromatic carbocycles. The van der Waals surface area contributed by atoms with E-state index in [1.54, 1.807) is 9.58 Å². The minimum absolute atomic E-state index is 0.0400. The molecular formula is C31H29N5O2. The maximum absolute atomic E-state index is 14.0. The summed E-state index contributed by atoms with van der Waals surface area (Å²) in [6.07, 6.45) is 0. The monoisotopic (exact) mass is 503 g/mol. The van der Waals surface area contributed by atoms with Crippen molar-refractivity contribution in [3.05, 3.63) is 131 Å². The van der Waals surface area contributed by atoms with Gasteiger partial charge in [-0.2, -0.15) is 0 Å². The van der Waals surface area contributed by atoms with Gasteiger partial charge >= 0.3 is 0 Å². The van der Waals surface area contributed by atoms with Crippen LogP contribution in [0.25, 0.3) is 11.0 Å². The third kappa shape index (κ3) is 5.62. The Labute approximate surface area is 221 Å². The number of fused-ring (bicyclic) bond motifs is 1. The van der Waals surface area contributed by atoms with Crippen LogP contribution in [0.4, 0.5) is 0 Å². The van der Waals surface area contributed by atoms with Gasteiger partial charge in [0.25, 0.3) is 0 Å². The summed E-state index contributed by atoms with van der Waals surface area (Å²) >= 11 is 0. The SMILES string of the molecule is Cc1ccccc1[C@H](C(=O)NCc1ccccc1)N(Cc1ccccc1)C(=O)Cn1nnc2ccccc21. The lowest BCUT2D eigenvalue weighted by atomic mass is 9.98. The van der Waals surface area contributed by atoms with Gasteiger partial charge in [-0.05, 0) is 41.3 Å². The topological polar surface area (TPSA) is 80.1 Å². The molecule has 7 nitrogen and oxygen atoms in total. The number of carbonyl (C=O) groups is 2. The van der Waals surface area contributed by atoms with Crippen LogP contribution in [0.2, 0.25) is 0 Å². The fraction of sp³-hybridized carbons (Fsp3) is 0.161. The van der Waals surface area contributed by atoms with Crippen LogP contribution in [-0.4, -0.2) is 31.7 Å². The van der Waals surface area contributed by atoms with Crippen LogP contribution in [0.15, 0.2) is 109 Å². The molecule has 38 heavy (non-hydrogen) atoms. The number of hydrogen-bond acceptors (Lipinski definition) is 4. The van der Waals surface area contributed by atoms with Crippen LogP contribution < -0.4 is 5.32 Å². The Balaban J connectivity index is 1.52. The van der Waals surface area contributed by atoms with E-state index in [1.807, 2.05) is 116 Å². The Morgan fingerprint density at radius 1 is 0.816 bits per heavy atom. The Morgan fingerprint density at radius 3 is 2.18 bits per heavy atom. The van der Waals surface area contributed by atoms with E-state index in [2.05, 4.69) is 15.6 Å².